The number of aromatic nitrogens is 2. The fourth-order valence-electron chi connectivity index (χ4n) is 7.99. The molecule has 3 heterocycles. The molecular formula is C51H68F2N8O11S. The first-order chi connectivity index (χ1) is 35.1. The van der Waals surface area contributed by atoms with Crippen molar-refractivity contribution in [3.8, 4) is 11.3 Å². The summed E-state index contributed by atoms with van der Waals surface area (Å²) in [6, 6.07) is 12.5. The summed E-state index contributed by atoms with van der Waals surface area (Å²) in [4.78, 5) is 93.6. The number of nitrogens with zero attached hydrogens (tertiary/aromatic N) is 4. The van der Waals surface area contributed by atoms with Crippen molar-refractivity contribution in [3.63, 3.8) is 0 Å². The van der Waals surface area contributed by atoms with Crippen LogP contribution in [0.1, 0.15) is 76.1 Å². The van der Waals surface area contributed by atoms with Gasteiger partial charge in [-0.05, 0) is 67.2 Å². The number of imide groups is 2. The number of rotatable bonds is 34. The van der Waals surface area contributed by atoms with Gasteiger partial charge < -0.3 is 45.6 Å². The number of carbonyl (C=O) groups is 7. The maximum absolute atomic E-state index is 15.0. The molecule has 7 amide bonds. The zero-order chi connectivity index (χ0) is 52.8. The van der Waals surface area contributed by atoms with Gasteiger partial charge in [0, 0.05) is 95.7 Å². The van der Waals surface area contributed by atoms with Crippen molar-refractivity contribution in [2.75, 3.05) is 84.7 Å². The van der Waals surface area contributed by atoms with E-state index < -0.39 is 52.0 Å². The highest BCUT2D eigenvalue weighted by Gasteiger charge is 2.42. The molecule has 2 unspecified atom stereocenters. The van der Waals surface area contributed by atoms with Gasteiger partial charge in [-0.15, -0.1) is 11.8 Å². The van der Waals surface area contributed by atoms with Gasteiger partial charge in [-0.3, -0.25) is 43.4 Å². The molecule has 73 heavy (non-hydrogen) atoms. The number of amides is 7. The third-order valence-corrected chi connectivity index (χ3v) is 13.5. The minimum Gasteiger partial charge on any atom is -0.382 e. The average Bonchev–Trinajstić information content (AvgIpc) is 4.01. The lowest BCUT2D eigenvalue weighted by Gasteiger charge is -2.35. The molecule has 398 valence electrons. The monoisotopic (exact) mass is 1040 g/mol. The summed E-state index contributed by atoms with van der Waals surface area (Å²) >= 11 is 1.34. The Bertz CT molecular complexity index is 2350. The fourth-order valence-corrected chi connectivity index (χ4v) is 9.18. The summed E-state index contributed by atoms with van der Waals surface area (Å²) in [5, 5.41) is 19.4. The first-order valence-electron chi connectivity index (χ1n) is 24.6. The molecule has 2 aliphatic rings. The van der Waals surface area contributed by atoms with Gasteiger partial charge in [-0.2, -0.15) is 0 Å². The van der Waals surface area contributed by atoms with E-state index in [4.69, 9.17) is 24.9 Å². The molecule has 3 aromatic rings. The Hall–Kier alpha value is -5.91. The SMILES string of the molecule is CC(C)(CN)[C@H](c1nc(-c2cc(F)ccc2F)cn1Cc1ccccc1)C(O)C(=O)NCCCCSC1CC(=O)N(CCC(=O)NCCCOCCOCCOCCCNC(=O)CCN2C(=O)C=CC2=O)C1=O. The molecule has 0 bridgehead atoms. The number of nitrogens with one attached hydrogen (secondary N) is 3. The first kappa shape index (κ1) is 58.0. The smallest absolute Gasteiger partial charge is 0.253 e. The van der Waals surface area contributed by atoms with Crippen LogP contribution in [0.2, 0.25) is 0 Å². The van der Waals surface area contributed by atoms with E-state index in [-0.39, 0.29) is 92.7 Å². The summed E-state index contributed by atoms with van der Waals surface area (Å²) in [6.07, 6.45) is 4.63. The van der Waals surface area contributed by atoms with Gasteiger partial charge in [0.05, 0.1) is 43.3 Å². The molecule has 22 heteroatoms. The Kier molecular flexibility index (Phi) is 23.6. The number of halogens is 2. The molecule has 2 aromatic carbocycles. The molecule has 2 aliphatic heterocycles. The molecular weight excluding hydrogens is 971 g/mol. The molecule has 19 nitrogen and oxygen atoms in total. The molecule has 3 atom stereocenters. The van der Waals surface area contributed by atoms with Gasteiger partial charge in [0.1, 0.15) is 23.6 Å². The number of aliphatic hydroxyl groups excluding tert-OH is 1. The number of thioether (sulfide) groups is 1. The Morgan fingerprint density at radius 1 is 0.808 bits per heavy atom. The number of ether oxygens (including phenoxy) is 3. The van der Waals surface area contributed by atoms with Crippen LogP contribution in [0.25, 0.3) is 11.3 Å². The van der Waals surface area contributed by atoms with Gasteiger partial charge in [-0.1, -0.05) is 44.2 Å². The van der Waals surface area contributed by atoms with Gasteiger partial charge >= 0.3 is 0 Å². The molecule has 5 rings (SSSR count). The van der Waals surface area contributed by atoms with Gasteiger partial charge in [0.15, 0.2) is 0 Å². The first-order valence-corrected chi connectivity index (χ1v) is 25.6. The van der Waals surface area contributed by atoms with E-state index >= 15 is 0 Å². The topological polar surface area (TPSA) is 254 Å². The number of carbonyl (C=O) groups excluding carboxylic acids is 7. The number of nitrogens with two attached hydrogens (primary N) is 1. The third-order valence-electron chi connectivity index (χ3n) is 12.2. The van der Waals surface area contributed by atoms with E-state index in [1.807, 2.05) is 30.3 Å². The summed E-state index contributed by atoms with van der Waals surface area (Å²) in [5.74, 6) is -4.17. The number of aliphatic hydroxyl groups is 1. The number of hydrogen-bond donors (Lipinski definition) is 5. The summed E-state index contributed by atoms with van der Waals surface area (Å²) in [7, 11) is 0. The standard InChI is InChI=1S/C51H68F2N8O11S/c1-51(2,34-54)46(48-58-39(37-30-36(52)12-13-38(37)53)33-59(48)32-35-10-4-3-5-11-35)47(67)49(68)57-18-6-7-29-73-40-31-45(66)61(50(40)69)22-17-42(63)56-20-9-24-71-26-28-72-27-25-70-23-8-19-55-41(62)16-21-60-43(64)14-15-44(60)65/h3-5,10-15,30,33,40,46-47,67H,6-9,16-29,31-32,34,54H2,1-2H3,(H,55,62)(H,56,63)(H,57,68)/t40?,46-,47?/m0/s1. The van der Waals surface area contributed by atoms with Crippen LogP contribution in [0, 0.1) is 17.0 Å². The van der Waals surface area contributed by atoms with Crippen LogP contribution in [0.15, 0.2) is 66.9 Å². The highest BCUT2D eigenvalue weighted by molar-refractivity contribution is 8.00. The van der Waals surface area contributed by atoms with E-state index in [9.17, 15) is 47.4 Å². The fraction of sp³-hybridized carbons (Fsp3) is 0.529. The Morgan fingerprint density at radius 2 is 1.40 bits per heavy atom. The molecule has 0 aliphatic carbocycles. The van der Waals surface area contributed by atoms with E-state index in [1.165, 1.54) is 23.9 Å². The Labute approximate surface area is 428 Å². The normalized spacial score (nSPS) is 15.6. The van der Waals surface area contributed by atoms with Crippen molar-refractivity contribution in [2.45, 2.75) is 82.6 Å². The Balaban J connectivity index is 0.907. The second-order valence-electron chi connectivity index (χ2n) is 18.2. The zero-order valence-corrected chi connectivity index (χ0v) is 42.3. The van der Waals surface area contributed by atoms with Crippen LogP contribution in [-0.2, 0) is 54.3 Å². The van der Waals surface area contributed by atoms with Crippen molar-refractivity contribution in [1.29, 1.82) is 0 Å². The summed E-state index contributed by atoms with van der Waals surface area (Å²) in [6.45, 7) is 7.21. The number of likely N-dealkylation sites (tertiary alicyclic amines) is 1. The molecule has 1 fully saturated rings. The minimum absolute atomic E-state index is 0.0220. The second-order valence-corrected chi connectivity index (χ2v) is 19.5. The van der Waals surface area contributed by atoms with Crippen LogP contribution < -0.4 is 21.7 Å². The van der Waals surface area contributed by atoms with Crippen molar-refractivity contribution in [1.82, 2.24) is 35.3 Å². The highest BCUT2D eigenvalue weighted by atomic mass is 32.2. The average molecular weight is 1040 g/mol. The van der Waals surface area contributed by atoms with Gasteiger partial charge in [0.2, 0.25) is 29.5 Å². The Morgan fingerprint density at radius 3 is 2.01 bits per heavy atom. The second kappa shape index (κ2) is 29.7. The molecule has 6 N–H and O–H groups in total. The predicted molar refractivity (Wildman–Crippen MR) is 267 cm³/mol. The largest absolute Gasteiger partial charge is 0.382 e. The van der Waals surface area contributed by atoms with E-state index in [1.54, 1.807) is 24.6 Å². The van der Waals surface area contributed by atoms with Crippen LogP contribution >= 0.6 is 11.8 Å². The molecule has 0 radical (unpaired) electrons. The van der Waals surface area contributed by atoms with Crippen molar-refractivity contribution in [2.24, 2.45) is 11.1 Å². The summed E-state index contributed by atoms with van der Waals surface area (Å²) in [5.41, 5.74) is 6.28. The molecule has 1 saturated heterocycles. The van der Waals surface area contributed by atoms with Crippen LogP contribution in [-0.4, -0.2) is 162 Å². The number of hydrogen-bond acceptors (Lipinski definition) is 14. The molecule has 1 aromatic heterocycles. The third kappa shape index (κ3) is 18.2. The lowest BCUT2D eigenvalue weighted by atomic mass is 9.74. The van der Waals surface area contributed by atoms with Crippen molar-refractivity contribution in [3.05, 3.63) is 89.9 Å². The van der Waals surface area contributed by atoms with Crippen LogP contribution in [0.3, 0.4) is 0 Å². The van der Waals surface area contributed by atoms with Gasteiger partial charge in [-0.25, -0.2) is 13.8 Å². The predicted octanol–water partition coefficient (Wildman–Crippen LogP) is 2.83. The number of unbranched alkanes of at least 4 members (excludes halogenated alkanes) is 1. The highest BCUT2D eigenvalue weighted by Crippen LogP contribution is 2.39. The van der Waals surface area contributed by atoms with E-state index in [0.717, 1.165) is 33.6 Å². The lowest BCUT2D eigenvalue weighted by molar-refractivity contribution is -0.140. The number of imidazole rings is 1. The zero-order valence-electron chi connectivity index (χ0n) is 41.5. The number of benzene rings is 2. The maximum atomic E-state index is 15.0. The van der Waals surface area contributed by atoms with Crippen molar-refractivity contribution < 1.29 is 61.7 Å². The van der Waals surface area contributed by atoms with E-state index in [2.05, 4.69) is 16.0 Å². The lowest BCUT2D eigenvalue weighted by Crippen LogP contribution is -2.46. The van der Waals surface area contributed by atoms with Crippen LogP contribution in [0.5, 0.6) is 0 Å². The molecule has 0 spiro atoms. The van der Waals surface area contributed by atoms with Crippen molar-refractivity contribution >= 4 is 53.1 Å². The van der Waals surface area contributed by atoms with E-state index in [0.29, 0.717) is 84.2 Å². The maximum Gasteiger partial charge on any atom is 0.253 e. The summed E-state index contributed by atoms with van der Waals surface area (Å²) < 4.78 is 47.5. The van der Waals surface area contributed by atoms with Gasteiger partial charge in [0.25, 0.3) is 11.8 Å². The minimum atomic E-state index is -1.61. The molecule has 0 saturated carbocycles. The van der Waals surface area contributed by atoms with Crippen LogP contribution in [0.4, 0.5) is 8.78 Å². The quantitative estimate of drug-likeness (QED) is 0.0426.